The Bertz CT molecular complexity index is 653. The quantitative estimate of drug-likeness (QED) is 0.836. The molecule has 2 aromatic rings. The van der Waals surface area contributed by atoms with Gasteiger partial charge in [-0.2, -0.15) is 5.10 Å². The molecule has 0 fully saturated rings. The predicted molar refractivity (Wildman–Crippen MR) is 84.5 cm³/mol. The largest absolute Gasteiger partial charge is 0.399 e. The van der Waals surface area contributed by atoms with Gasteiger partial charge in [-0.1, -0.05) is 6.07 Å². The molecule has 21 heavy (non-hydrogen) atoms. The Morgan fingerprint density at radius 3 is 3.05 bits per heavy atom. The molecular weight excluding hydrogens is 288 g/mol. The Labute approximate surface area is 129 Å². The lowest BCUT2D eigenvalue weighted by Gasteiger charge is -2.23. The van der Waals surface area contributed by atoms with Gasteiger partial charge in [-0.05, 0) is 37.5 Å². The average Bonchev–Trinajstić information content (AvgIpc) is 2.82. The zero-order valence-electron chi connectivity index (χ0n) is 11.9. The minimum Gasteiger partial charge on any atom is -0.399 e. The Kier molecular flexibility index (Phi) is 4.53. The molecule has 1 unspecified atom stereocenters. The van der Waals surface area contributed by atoms with Gasteiger partial charge in [0.25, 0.3) is 5.91 Å². The molecule has 0 bridgehead atoms. The van der Waals surface area contributed by atoms with E-state index < -0.39 is 0 Å². The Balaban J connectivity index is 0.00000161. The first-order valence-corrected chi connectivity index (χ1v) is 6.82. The summed E-state index contributed by atoms with van der Waals surface area (Å²) in [6.45, 7) is 0. The summed E-state index contributed by atoms with van der Waals surface area (Å²) in [6.07, 6.45) is 4.90. The van der Waals surface area contributed by atoms with Gasteiger partial charge in [-0.3, -0.25) is 9.48 Å². The topological polar surface area (TPSA) is 72.9 Å². The van der Waals surface area contributed by atoms with Crippen LogP contribution in [0.4, 0.5) is 5.69 Å². The molecule has 1 aliphatic carbocycles. The molecule has 1 aromatic heterocycles. The highest BCUT2D eigenvalue weighted by Gasteiger charge is 2.25. The molecule has 3 rings (SSSR count). The first-order valence-electron chi connectivity index (χ1n) is 6.82. The molecular formula is C15H19ClN4O. The number of hydrogen-bond acceptors (Lipinski definition) is 3. The molecule has 1 aliphatic rings. The summed E-state index contributed by atoms with van der Waals surface area (Å²) in [5.41, 5.74) is 9.27. The maximum atomic E-state index is 12.3. The smallest absolute Gasteiger partial charge is 0.251 e. The standard InChI is InChI=1S/C15H18N4O.ClH/c1-19-14-7-3-6-13(12(14)9-17-19)18-15(20)10-4-2-5-11(16)8-10;/h2,4-5,8-9,13H,3,6-7,16H2,1H3,(H,18,20);1H. The van der Waals surface area contributed by atoms with Crippen molar-refractivity contribution in [2.45, 2.75) is 25.3 Å². The van der Waals surface area contributed by atoms with Crippen LogP contribution in [-0.4, -0.2) is 15.7 Å². The number of carbonyl (C=O) groups is 1. The minimum atomic E-state index is -0.0843. The van der Waals surface area contributed by atoms with Crippen molar-refractivity contribution >= 4 is 24.0 Å². The van der Waals surface area contributed by atoms with Gasteiger partial charge in [-0.25, -0.2) is 0 Å². The monoisotopic (exact) mass is 306 g/mol. The number of nitrogens with zero attached hydrogens (tertiary/aromatic N) is 2. The van der Waals surface area contributed by atoms with Crippen LogP contribution >= 0.6 is 12.4 Å². The van der Waals surface area contributed by atoms with Crippen LogP contribution < -0.4 is 11.1 Å². The van der Waals surface area contributed by atoms with Gasteiger partial charge >= 0.3 is 0 Å². The number of benzene rings is 1. The van der Waals surface area contributed by atoms with E-state index in [-0.39, 0.29) is 24.4 Å². The maximum Gasteiger partial charge on any atom is 0.251 e. The van der Waals surface area contributed by atoms with Gasteiger partial charge in [0.05, 0.1) is 12.2 Å². The van der Waals surface area contributed by atoms with Gasteiger partial charge < -0.3 is 11.1 Å². The molecule has 5 nitrogen and oxygen atoms in total. The average molecular weight is 307 g/mol. The maximum absolute atomic E-state index is 12.3. The van der Waals surface area contributed by atoms with E-state index in [9.17, 15) is 4.79 Å². The number of hydrogen-bond donors (Lipinski definition) is 2. The lowest BCUT2D eigenvalue weighted by molar-refractivity contribution is 0.0932. The van der Waals surface area contributed by atoms with E-state index >= 15 is 0 Å². The molecule has 3 N–H and O–H groups in total. The second-order valence-electron chi connectivity index (χ2n) is 5.21. The van der Waals surface area contributed by atoms with Crippen LogP contribution in [0.5, 0.6) is 0 Å². The van der Waals surface area contributed by atoms with E-state index in [1.807, 2.05) is 17.9 Å². The van der Waals surface area contributed by atoms with E-state index in [1.165, 1.54) is 5.69 Å². The van der Waals surface area contributed by atoms with E-state index in [4.69, 9.17) is 5.73 Å². The number of amides is 1. The third-order valence-corrected chi connectivity index (χ3v) is 3.83. The predicted octanol–water partition coefficient (Wildman–Crippen LogP) is 2.23. The molecule has 6 heteroatoms. The molecule has 1 heterocycles. The third-order valence-electron chi connectivity index (χ3n) is 3.83. The normalized spacial score (nSPS) is 16.7. The first-order chi connectivity index (χ1) is 9.65. The van der Waals surface area contributed by atoms with E-state index in [1.54, 1.807) is 24.3 Å². The number of fused-ring (bicyclic) bond motifs is 1. The number of nitrogens with one attached hydrogen (secondary N) is 1. The molecule has 0 saturated carbocycles. The van der Waals surface area contributed by atoms with E-state index in [2.05, 4.69) is 10.4 Å². The van der Waals surface area contributed by atoms with E-state index in [0.717, 1.165) is 24.8 Å². The molecule has 1 atom stereocenters. The fourth-order valence-electron chi connectivity index (χ4n) is 2.78. The van der Waals surface area contributed by atoms with Crippen molar-refractivity contribution in [3.8, 4) is 0 Å². The first kappa shape index (κ1) is 15.4. The molecule has 0 spiro atoms. The number of nitrogen functional groups attached to an aromatic ring is 1. The van der Waals surface area contributed by atoms with Gasteiger partial charge in [0.15, 0.2) is 0 Å². The van der Waals surface area contributed by atoms with Gasteiger partial charge in [-0.15, -0.1) is 12.4 Å². The number of halogens is 1. The molecule has 112 valence electrons. The van der Waals surface area contributed by atoms with Crippen molar-refractivity contribution in [2.24, 2.45) is 7.05 Å². The van der Waals surface area contributed by atoms with Crippen LogP contribution in [0.25, 0.3) is 0 Å². The third kappa shape index (κ3) is 3.03. The number of carbonyl (C=O) groups excluding carboxylic acids is 1. The Morgan fingerprint density at radius 1 is 1.48 bits per heavy atom. The minimum absolute atomic E-state index is 0. The van der Waals surface area contributed by atoms with Crippen molar-refractivity contribution in [1.29, 1.82) is 0 Å². The second kappa shape index (κ2) is 6.18. The summed E-state index contributed by atoms with van der Waals surface area (Å²) in [7, 11) is 1.95. The number of anilines is 1. The molecule has 0 saturated heterocycles. The fraction of sp³-hybridized carbons (Fsp3) is 0.333. The van der Waals surface area contributed by atoms with Crippen LogP contribution in [0.2, 0.25) is 0 Å². The van der Waals surface area contributed by atoms with Crippen LogP contribution in [0, 0.1) is 0 Å². The Morgan fingerprint density at radius 2 is 2.29 bits per heavy atom. The zero-order valence-corrected chi connectivity index (χ0v) is 12.7. The summed E-state index contributed by atoms with van der Waals surface area (Å²) < 4.78 is 1.90. The number of aryl methyl sites for hydroxylation is 1. The number of rotatable bonds is 2. The summed E-state index contributed by atoms with van der Waals surface area (Å²) in [5.74, 6) is -0.0843. The van der Waals surface area contributed by atoms with Crippen LogP contribution in [0.1, 0.15) is 40.5 Å². The highest BCUT2D eigenvalue weighted by Crippen LogP contribution is 2.29. The van der Waals surface area contributed by atoms with Gasteiger partial charge in [0.2, 0.25) is 0 Å². The van der Waals surface area contributed by atoms with Crippen LogP contribution in [0.15, 0.2) is 30.5 Å². The zero-order chi connectivity index (χ0) is 14.1. The second-order valence-corrected chi connectivity index (χ2v) is 5.21. The van der Waals surface area contributed by atoms with Crippen LogP contribution in [0.3, 0.4) is 0 Å². The summed E-state index contributed by atoms with van der Waals surface area (Å²) in [5, 5.41) is 7.37. The number of aromatic nitrogens is 2. The van der Waals surface area contributed by atoms with Crippen molar-refractivity contribution < 1.29 is 4.79 Å². The lowest BCUT2D eigenvalue weighted by Crippen LogP contribution is -2.31. The SMILES string of the molecule is Cl.Cn1ncc2c1CCCC2NC(=O)c1cccc(N)c1. The Hall–Kier alpha value is -2.01. The van der Waals surface area contributed by atoms with Crippen LogP contribution in [-0.2, 0) is 13.5 Å². The van der Waals surface area contributed by atoms with Crippen molar-refractivity contribution in [2.75, 3.05) is 5.73 Å². The molecule has 1 aromatic carbocycles. The highest BCUT2D eigenvalue weighted by molar-refractivity contribution is 5.95. The highest BCUT2D eigenvalue weighted by atomic mass is 35.5. The number of nitrogens with two attached hydrogens (primary N) is 1. The lowest BCUT2D eigenvalue weighted by atomic mass is 9.93. The van der Waals surface area contributed by atoms with Gasteiger partial charge in [0.1, 0.15) is 0 Å². The van der Waals surface area contributed by atoms with Crippen molar-refractivity contribution in [1.82, 2.24) is 15.1 Å². The van der Waals surface area contributed by atoms with E-state index in [0.29, 0.717) is 11.3 Å². The van der Waals surface area contributed by atoms with Gasteiger partial charge in [0, 0.05) is 29.6 Å². The molecule has 0 radical (unpaired) electrons. The summed E-state index contributed by atoms with van der Waals surface area (Å²) in [6, 6.07) is 7.08. The summed E-state index contributed by atoms with van der Waals surface area (Å²) >= 11 is 0. The van der Waals surface area contributed by atoms with Crippen molar-refractivity contribution in [3.05, 3.63) is 47.3 Å². The fourth-order valence-corrected chi connectivity index (χ4v) is 2.78. The molecule has 0 aliphatic heterocycles. The van der Waals surface area contributed by atoms with Crippen molar-refractivity contribution in [3.63, 3.8) is 0 Å². The molecule has 1 amide bonds. The summed E-state index contributed by atoms with van der Waals surface area (Å²) in [4.78, 5) is 12.3.